The molecule has 0 saturated carbocycles. The molecule has 1 atom stereocenters. The predicted molar refractivity (Wildman–Crippen MR) is 74.9 cm³/mol. The molecule has 1 heterocycles. The largest absolute Gasteiger partial charge is 0.494 e. The summed E-state index contributed by atoms with van der Waals surface area (Å²) in [6.07, 6.45) is 1.18. The molecular weight excluding hydrogens is 262 g/mol. The molecule has 0 spiro atoms. The van der Waals surface area contributed by atoms with Crippen LogP contribution >= 0.6 is 0 Å². The van der Waals surface area contributed by atoms with E-state index in [2.05, 4.69) is 10.3 Å². The average molecular weight is 283 g/mol. The second-order valence-corrected chi connectivity index (χ2v) is 4.69. The Bertz CT molecular complexity index is 588. The summed E-state index contributed by atoms with van der Waals surface area (Å²) in [7, 11) is 0. The third kappa shape index (κ3) is 3.72. The van der Waals surface area contributed by atoms with Crippen LogP contribution in [0, 0.1) is 0 Å². The van der Waals surface area contributed by atoms with Crippen molar-refractivity contribution in [1.29, 1.82) is 0 Å². The number of hydrogen-bond donors (Lipinski definition) is 3. The fourth-order valence-corrected chi connectivity index (χ4v) is 1.79. The molecule has 112 valence electrons. The van der Waals surface area contributed by atoms with Crippen LogP contribution in [0.5, 0.6) is 5.88 Å². The Balaban J connectivity index is 2.86. The zero-order valence-corrected chi connectivity index (χ0v) is 12.0. The number of nitrogens with zero attached hydrogens (tertiary/aromatic N) is 1. The molecule has 7 heteroatoms. The van der Waals surface area contributed by atoms with Crippen molar-refractivity contribution < 1.29 is 9.90 Å². The van der Waals surface area contributed by atoms with Gasteiger partial charge in [-0.05, 0) is 19.8 Å². The van der Waals surface area contributed by atoms with Crippen LogP contribution < -0.4 is 16.6 Å². The van der Waals surface area contributed by atoms with Gasteiger partial charge in [0.1, 0.15) is 0 Å². The molecule has 0 aliphatic carbocycles. The third-order valence-electron chi connectivity index (χ3n) is 3.20. The Morgan fingerprint density at radius 1 is 1.40 bits per heavy atom. The van der Waals surface area contributed by atoms with Gasteiger partial charge in [0.05, 0.1) is 5.56 Å². The minimum absolute atomic E-state index is 0.0245. The van der Waals surface area contributed by atoms with Crippen molar-refractivity contribution in [3.05, 3.63) is 26.4 Å². The Labute approximate surface area is 116 Å². The lowest BCUT2D eigenvalue weighted by molar-refractivity contribution is -0.121. The molecule has 0 fully saturated rings. The number of carbonyl (C=O) groups excluding carboxylic acids is 1. The van der Waals surface area contributed by atoms with Crippen LogP contribution in [0.3, 0.4) is 0 Å². The second-order valence-electron chi connectivity index (χ2n) is 4.69. The molecule has 0 aromatic carbocycles. The number of aromatic hydroxyl groups is 1. The van der Waals surface area contributed by atoms with Crippen LogP contribution in [0.15, 0.2) is 9.59 Å². The molecule has 0 saturated heterocycles. The van der Waals surface area contributed by atoms with Crippen LogP contribution in [0.2, 0.25) is 0 Å². The summed E-state index contributed by atoms with van der Waals surface area (Å²) >= 11 is 0. The lowest BCUT2D eigenvalue weighted by Crippen LogP contribution is -2.35. The lowest BCUT2D eigenvalue weighted by Gasteiger charge is -2.13. The Morgan fingerprint density at radius 3 is 2.60 bits per heavy atom. The van der Waals surface area contributed by atoms with E-state index in [9.17, 15) is 19.5 Å². The first kappa shape index (κ1) is 16.0. The summed E-state index contributed by atoms with van der Waals surface area (Å²) in [4.78, 5) is 36.9. The fraction of sp³-hybridized carbons (Fsp3) is 0.615. The van der Waals surface area contributed by atoms with Crippen molar-refractivity contribution in [1.82, 2.24) is 14.9 Å². The number of aromatic amines is 1. The maximum absolute atomic E-state index is 11.6. The zero-order valence-electron chi connectivity index (χ0n) is 12.0. The van der Waals surface area contributed by atoms with E-state index < -0.39 is 11.2 Å². The standard InChI is InChI=1S/C13H21N3O4/c1-4-8(3)14-10(17)6-7-16-12(19)9(5-2)11(18)15-13(16)20/h8,19H,4-7H2,1-3H3,(H,14,17)(H,15,18,20). The van der Waals surface area contributed by atoms with Crippen LogP contribution in [0.1, 0.15) is 39.2 Å². The van der Waals surface area contributed by atoms with Gasteiger partial charge in [0.2, 0.25) is 11.8 Å². The van der Waals surface area contributed by atoms with E-state index >= 15 is 0 Å². The molecule has 1 aromatic rings. The summed E-state index contributed by atoms with van der Waals surface area (Å²) in [5, 5.41) is 12.7. The highest BCUT2D eigenvalue weighted by Gasteiger charge is 2.14. The summed E-state index contributed by atoms with van der Waals surface area (Å²) in [5.41, 5.74) is -1.15. The first-order valence-corrected chi connectivity index (χ1v) is 6.75. The van der Waals surface area contributed by atoms with Crippen molar-refractivity contribution in [2.45, 2.75) is 52.6 Å². The molecule has 1 rings (SSSR count). The lowest BCUT2D eigenvalue weighted by atomic mass is 10.2. The van der Waals surface area contributed by atoms with Gasteiger partial charge in [-0.15, -0.1) is 0 Å². The summed E-state index contributed by atoms with van der Waals surface area (Å²) in [6.45, 7) is 5.57. The quantitative estimate of drug-likeness (QED) is 0.689. The first-order chi connectivity index (χ1) is 9.40. The molecule has 1 aromatic heterocycles. The number of aromatic nitrogens is 2. The minimum atomic E-state index is -0.707. The number of H-pyrrole nitrogens is 1. The summed E-state index contributed by atoms with van der Waals surface area (Å²) in [6, 6.07) is 0.0644. The highest BCUT2D eigenvalue weighted by Crippen LogP contribution is 2.10. The number of hydrogen-bond acceptors (Lipinski definition) is 4. The summed E-state index contributed by atoms with van der Waals surface area (Å²) in [5.74, 6) is -0.563. The van der Waals surface area contributed by atoms with Gasteiger partial charge in [0, 0.05) is 19.0 Å². The van der Waals surface area contributed by atoms with Crippen molar-refractivity contribution in [2.24, 2.45) is 0 Å². The molecule has 3 N–H and O–H groups in total. The molecule has 20 heavy (non-hydrogen) atoms. The van der Waals surface area contributed by atoms with E-state index in [1.54, 1.807) is 6.92 Å². The molecular formula is C13H21N3O4. The van der Waals surface area contributed by atoms with Crippen molar-refractivity contribution in [3.63, 3.8) is 0 Å². The van der Waals surface area contributed by atoms with Gasteiger partial charge < -0.3 is 10.4 Å². The number of carbonyl (C=O) groups is 1. The van der Waals surface area contributed by atoms with Gasteiger partial charge in [0.25, 0.3) is 5.56 Å². The Morgan fingerprint density at radius 2 is 2.05 bits per heavy atom. The van der Waals surface area contributed by atoms with E-state index in [0.29, 0.717) is 6.42 Å². The van der Waals surface area contributed by atoms with E-state index in [1.165, 1.54) is 0 Å². The second kappa shape index (κ2) is 6.93. The summed E-state index contributed by atoms with van der Waals surface area (Å²) < 4.78 is 1.01. The Hall–Kier alpha value is -2.05. The number of nitrogens with one attached hydrogen (secondary N) is 2. The maximum Gasteiger partial charge on any atom is 0.331 e. The van der Waals surface area contributed by atoms with Gasteiger partial charge in [-0.3, -0.25) is 19.1 Å². The van der Waals surface area contributed by atoms with E-state index in [0.717, 1.165) is 11.0 Å². The van der Waals surface area contributed by atoms with E-state index in [4.69, 9.17) is 0 Å². The molecule has 7 nitrogen and oxygen atoms in total. The fourth-order valence-electron chi connectivity index (χ4n) is 1.79. The highest BCUT2D eigenvalue weighted by molar-refractivity contribution is 5.76. The number of rotatable bonds is 6. The molecule has 0 aliphatic rings. The van der Waals surface area contributed by atoms with E-state index in [-0.39, 0.29) is 36.4 Å². The third-order valence-corrected chi connectivity index (χ3v) is 3.20. The molecule has 0 aliphatic heterocycles. The average Bonchev–Trinajstić information content (AvgIpc) is 2.38. The normalized spacial score (nSPS) is 12.2. The highest BCUT2D eigenvalue weighted by atomic mass is 16.3. The van der Waals surface area contributed by atoms with Gasteiger partial charge in [0.15, 0.2) is 0 Å². The van der Waals surface area contributed by atoms with Crippen LogP contribution in [-0.4, -0.2) is 26.6 Å². The van der Waals surface area contributed by atoms with Gasteiger partial charge in [-0.25, -0.2) is 4.79 Å². The Kier molecular flexibility index (Phi) is 5.54. The van der Waals surface area contributed by atoms with Crippen molar-refractivity contribution >= 4 is 5.91 Å². The van der Waals surface area contributed by atoms with Crippen LogP contribution in [0.25, 0.3) is 0 Å². The monoisotopic (exact) mass is 283 g/mol. The SMILES string of the molecule is CCc1c(O)n(CCC(=O)NC(C)CC)c(=O)[nH]c1=O. The van der Waals surface area contributed by atoms with Crippen LogP contribution in [-0.2, 0) is 17.8 Å². The zero-order chi connectivity index (χ0) is 15.3. The molecule has 0 radical (unpaired) electrons. The molecule has 1 unspecified atom stereocenters. The minimum Gasteiger partial charge on any atom is -0.494 e. The van der Waals surface area contributed by atoms with Crippen molar-refractivity contribution in [3.8, 4) is 5.88 Å². The maximum atomic E-state index is 11.6. The van der Waals surface area contributed by atoms with Gasteiger partial charge >= 0.3 is 5.69 Å². The van der Waals surface area contributed by atoms with Gasteiger partial charge in [-0.2, -0.15) is 0 Å². The molecule has 1 amide bonds. The smallest absolute Gasteiger partial charge is 0.331 e. The first-order valence-electron chi connectivity index (χ1n) is 6.75. The topological polar surface area (TPSA) is 104 Å². The van der Waals surface area contributed by atoms with Crippen molar-refractivity contribution in [2.75, 3.05) is 0 Å². The van der Waals surface area contributed by atoms with E-state index in [1.807, 2.05) is 13.8 Å². The number of amides is 1. The molecule has 0 bridgehead atoms. The van der Waals surface area contributed by atoms with Crippen LogP contribution in [0.4, 0.5) is 0 Å². The predicted octanol–water partition coefficient (Wildman–Crippen LogP) is 0.109. The van der Waals surface area contributed by atoms with Gasteiger partial charge in [-0.1, -0.05) is 13.8 Å².